The highest BCUT2D eigenvalue weighted by Gasteiger charge is 2.72. The zero-order valence-electron chi connectivity index (χ0n) is 34.5. The van der Waals surface area contributed by atoms with Gasteiger partial charge in [0.15, 0.2) is 0 Å². The first-order valence-corrected chi connectivity index (χ1v) is 21.7. The molecule has 7 heteroatoms. The number of amides is 2. The fraction of sp³-hybridized carbons (Fsp3) is 0.766. The van der Waals surface area contributed by atoms with Gasteiger partial charge >= 0.3 is 5.97 Å². The lowest BCUT2D eigenvalue weighted by Crippen LogP contribution is -2.67. The van der Waals surface area contributed by atoms with Gasteiger partial charge in [0, 0.05) is 6.54 Å². The van der Waals surface area contributed by atoms with Crippen LogP contribution in [0.15, 0.2) is 42.5 Å². The van der Waals surface area contributed by atoms with E-state index in [0.29, 0.717) is 30.7 Å². The molecule has 1 aromatic rings. The van der Waals surface area contributed by atoms with Crippen LogP contribution < -0.4 is 5.73 Å². The standard InChI is InChI=1S/C47H72N2O5/c1-31(2)33-20-25-47(42(54)49(29-15-10-8-9-14-28-48)40(51)34(41(52)53)30-32-16-12-11-13-17-32)27-26-45(6)35(39(33)47)18-19-37-44(5)23-22-38(50)43(3,4)36(44)21-24-46(37,45)7/h11-13,16-17,33-39,50H,1,8-10,14-15,18-30,48H2,2-7H3,(H,52,53)/t33-,34+,35+,36-,37-,38-,39+,44-,45+,46+,47-/m0/s1. The zero-order chi connectivity index (χ0) is 39.3. The molecule has 5 fully saturated rings. The average molecular weight is 745 g/mol. The fourth-order valence-corrected chi connectivity index (χ4v) is 14.3. The third-order valence-corrected chi connectivity index (χ3v) is 17.4. The van der Waals surface area contributed by atoms with Crippen molar-refractivity contribution in [1.29, 1.82) is 0 Å². The summed E-state index contributed by atoms with van der Waals surface area (Å²) in [6.07, 6.45) is 13.9. The van der Waals surface area contributed by atoms with Crippen LogP contribution in [-0.2, 0) is 20.8 Å². The number of rotatable bonds is 13. The SMILES string of the molecule is C=C(C)[C@@H]1CC[C@]2(C(=O)N(CCCCCCCN)C(=O)[C@@H](Cc3ccccc3)C(=O)O)CC[C@]3(C)[C@H](CC[C@H]4[C@@]5(C)CC[C@H](O)C(C)(C)[C@@H]5CC[C@]43C)[C@@H]12. The Morgan fingerprint density at radius 2 is 1.52 bits per heavy atom. The lowest BCUT2D eigenvalue weighted by atomic mass is 9.32. The average Bonchev–Trinajstić information content (AvgIpc) is 3.53. The number of imide groups is 1. The van der Waals surface area contributed by atoms with Gasteiger partial charge in [-0.2, -0.15) is 0 Å². The van der Waals surface area contributed by atoms with E-state index in [9.17, 15) is 19.8 Å². The van der Waals surface area contributed by atoms with E-state index in [1.54, 1.807) is 0 Å². The molecule has 0 spiro atoms. The van der Waals surface area contributed by atoms with Gasteiger partial charge in [-0.3, -0.25) is 19.3 Å². The summed E-state index contributed by atoms with van der Waals surface area (Å²) in [5.74, 6) is -1.54. The minimum Gasteiger partial charge on any atom is -0.481 e. The number of nitrogens with two attached hydrogens (primary N) is 1. The summed E-state index contributed by atoms with van der Waals surface area (Å²) in [5, 5.41) is 21.7. The van der Waals surface area contributed by atoms with Crippen molar-refractivity contribution in [2.24, 2.45) is 68.3 Å². The number of aliphatic hydroxyl groups is 1. The first-order chi connectivity index (χ1) is 25.5. The zero-order valence-corrected chi connectivity index (χ0v) is 34.5. The van der Waals surface area contributed by atoms with Crippen molar-refractivity contribution < 1.29 is 24.6 Å². The van der Waals surface area contributed by atoms with Gasteiger partial charge in [-0.25, -0.2) is 0 Å². The second-order valence-corrected chi connectivity index (χ2v) is 20.1. The monoisotopic (exact) mass is 745 g/mol. The molecule has 0 bridgehead atoms. The number of aliphatic carboxylic acids is 1. The molecule has 2 amide bonds. The third-order valence-electron chi connectivity index (χ3n) is 17.4. The number of carboxylic acids is 1. The number of hydrogen-bond acceptors (Lipinski definition) is 5. The van der Waals surface area contributed by atoms with Gasteiger partial charge in [0.2, 0.25) is 11.8 Å². The number of fused-ring (bicyclic) bond motifs is 7. The van der Waals surface area contributed by atoms with Gasteiger partial charge in [-0.15, -0.1) is 0 Å². The Morgan fingerprint density at radius 1 is 0.833 bits per heavy atom. The number of hydrogen-bond donors (Lipinski definition) is 3. The van der Waals surface area contributed by atoms with E-state index in [1.807, 2.05) is 30.3 Å². The van der Waals surface area contributed by atoms with Crippen LogP contribution in [-0.4, -0.2) is 52.1 Å². The van der Waals surface area contributed by atoms with E-state index in [-0.39, 0.29) is 58.5 Å². The third kappa shape index (κ3) is 6.63. The van der Waals surface area contributed by atoms with Crippen LogP contribution in [0.5, 0.6) is 0 Å². The normalized spacial score (nSPS) is 38.6. The number of nitrogens with zero attached hydrogens (tertiary/aromatic N) is 1. The molecular weight excluding hydrogens is 673 g/mol. The van der Waals surface area contributed by atoms with Crippen molar-refractivity contribution >= 4 is 17.8 Å². The molecule has 0 aliphatic heterocycles. The lowest BCUT2D eigenvalue weighted by molar-refractivity contribution is -0.247. The van der Waals surface area contributed by atoms with Gasteiger partial charge in [0.1, 0.15) is 5.92 Å². The van der Waals surface area contributed by atoms with E-state index < -0.39 is 23.2 Å². The molecule has 0 saturated heterocycles. The summed E-state index contributed by atoms with van der Waals surface area (Å²) in [6.45, 7) is 19.9. The maximum atomic E-state index is 15.6. The van der Waals surface area contributed by atoms with Crippen molar-refractivity contribution in [2.45, 2.75) is 150 Å². The maximum Gasteiger partial charge on any atom is 0.316 e. The van der Waals surface area contributed by atoms with Crippen LogP contribution in [0.3, 0.4) is 0 Å². The molecule has 0 unspecified atom stereocenters. The summed E-state index contributed by atoms with van der Waals surface area (Å²) < 4.78 is 0. The summed E-state index contributed by atoms with van der Waals surface area (Å²) in [7, 11) is 0. The van der Waals surface area contributed by atoms with Crippen molar-refractivity contribution in [3.8, 4) is 0 Å². The first-order valence-electron chi connectivity index (χ1n) is 21.7. The molecule has 1 aromatic carbocycles. The van der Waals surface area contributed by atoms with Gasteiger partial charge in [0.25, 0.3) is 0 Å². The Kier molecular flexibility index (Phi) is 11.8. The highest BCUT2D eigenvalue weighted by Crippen LogP contribution is 2.77. The summed E-state index contributed by atoms with van der Waals surface area (Å²) in [6, 6.07) is 9.33. The molecule has 5 aliphatic carbocycles. The number of allylic oxidation sites excluding steroid dienone is 1. The van der Waals surface area contributed by atoms with E-state index in [0.717, 1.165) is 101 Å². The van der Waals surface area contributed by atoms with Crippen molar-refractivity contribution in [1.82, 2.24) is 4.90 Å². The Morgan fingerprint density at radius 3 is 2.19 bits per heavy atom. The van der Waals surface area contributed by atoms with E-state index >= 15 is 4.79 Å². The molecule has 5 aliphatic rings. The highest BCUT2D eigenvalue weighted by atomic mass is 16.4. The molecule has 11 atom stereocenters. The van der Waals surface area contributed by atoms with Gasteiger partial charge in [-0.05, 0) is 154 Å². The quantitative estimate of drug-likeness (QED) is 0.105. The molecule has 300 valence electrons. The van der Waals surface area contributed by atoms with Gasteiger partial charge < -0.3 is 15.9 Å². The van der Waals surface area contributed by atoms with Crippen molar-refractivity contribution in [3.63, 3.8) is 0 Å². The number of carboxylic acid groups (broad SMARTS) is 1. The van der Waals surface area contributed by atoms with Crippen LogP contribution >= 0.6 is 0 Å². The second-order valence-electron chi connectivity index (χ2n) is 20.1. The molecular formula is C47H72N2O5. The minimum atomic E-state index is -1.32. The Labute approximate surface area is 326 Å². The summed E-state index contributed by atoms with van der Waals surface area (Å²) >= 11 is 0. The largest absolute Gasteiger partial charge is 0.481 e. The molecule has 0 heterocycles. The van der Waals surface area contributed by atoms with Crippen LogP contribution in [0.2, 0.25) is 0 Å². The fourth-order valence-electron chi connectivity index (χ4n) is 14.3. The molecule has 54 heavy (non-hydrogen) atoms. The lowest BCUT2D eigenvalue weighted by Gasteiger charge is -2.72. The molecule has 5 saturated carbocycles. The summed E-state index contributed by atoms with van der Waals surface area (Å²) in [5.41, 5.74) is 7.12. The second kappa shape index (κ2) is 15.4. The smallest absolute Gasteiger partial charge is 0.316 e. The highest BCUT2D eigenvalue weighted by molar-refractivity contribution is 6.06. The van der Waals surface area contributed by atoms with Gasteiger partial charge in [-0.1, -0.05) is 96.4 Å². The van der Waals surface area contributed by atoms with Crippen molar-refractivity contribution in [3.05, 3.63) is 48.0 Å². The summed E-state index contributed by atoms with van der Waals surface area (Å²) in [4.78, 5) is 44.5. The molecule has 6 rings (SSSR count). The molecule has 0 aromatic heterocycles. The van der Waals surface area contributed by atoms with Crippen molar-refractivity contribution in [2.75, 3.05) is 13.1 Å². The van der Waals surface area contributed by atoms with E-state index in [1.165, 1.54) is 4.90 Å². The number of aliphatic hydroxyl groups excluding tert-OH is 1. The number of carbonyl (C=O) groups excluding carboxylic acids is 2. The van der Waals surface area contributed by atoms with Gasteiger partial charge in [0.05, 0.1) is 11.5 Å². The predicted octanol–water partition coefficient (Wildman–Crippen LogP) is 9.21. The molecule has 4 N–H and O–H groups in total. The molecule has 7 nitrogen and oxygen atoms in total. The number of benzene rings is 1. The van der Waals surface area contributed by atoms with E-state index in [2.05, 4.69) is 48.1 Å². The molecule has 0 radical (unpaired) electrons. The minimum absolute atomic E-state index is 0.0192. The van der Waals surface area contributed by atoms with Crippen LogP contribution in [0.25, 0.3) is 0 Å². The topological polar surface area (TPSA) is 121 Å². The Bertz CT molecular complexity index is 1560. The van der Waals surface area contributed by atoms with Crippen LogP contribution in [0, 0.1) is 62.6 Å². The Hall–Kier alpha value is -2.51. The number of unbranched alkanes of at least 4 members (excludes halogenated alkanes) is 4. The Balaban J connectivity index is 1.35. The number of carbonyl (C=O) groups is 3. The van der Waals surface area contributed by atoms with Crippen LogP contribution in [0.1, 0.15) is 143 Å². The predicted molar refractivity (Wildman–Crippen MR) is 215 cm³/mol. The first kappa shape index (κ1) is 41.1. The maximum absolute atomic E-state index is 15.6. The van der Waals surface area contributed by atoms with Crippen LogP contribution in [0.4, 0.5) is 0 Å². The van der Waals surface area contributed by atoms with E-state index in [4.69, 9.17) is 5.73 Å².